The van der Waals surface area contributed by atoms with Gasteiger partial charge >= 0.3 is 5.69 Å². The number of H-pyrrole nitrogens is 1. The number of rotatable bonds is 11. The van der Waals surface area contributed by atoms with E-state index in [1.54, 1.807) is 21.1 Å². The Morgan fingerprint density at radius 3 is 1.87 bits per heavy atom. The first kappa shape index (κ1) is 26.9. The fourth-order valence-corrected chi connectivity index (χ4v) is 4.51. The summed E-state index contributed by atoms with van der Waals surface area (Å²) in [5, 5.41) is 10.2. The minimum absolute atomic E-state index is 0.119. The zero-order valence-electron chi connectivity index (χ0n) is 21.7. The van der Waals surface area contributed by atoms with Gasteiger partial charge in [-0.2, -0.15) is 0 Å². The molecule has 1 atom stereocenters. The van der Waals surface area contributed by atoms with Crippen LogP contribution in [0.5, 0.6) is 11.5 Å². The lowest BCUT2D eigenvalue weighted by Gasteiger charge is -2.37. The summed E-state index contributed by atoms with van der Waals surface area (Å²) in [5.74, 6) is 0.996. The Morgan fingerprint density at radius 1 is 0.842 bits per heavy atom. The summed E-state index contributed by atoms with van der Waals surface area (Å²) in [4.78, 5) is 26.5. The van der Waals surface area contributed by atoms with Gasteiger partial charge < -0.3 is 19.3 Å². The number of benzene rings is 3. The molecule has 3 aromatic carbocycles. The number of hydrogen-bond donors (Lipinski definition) is 2. The van der Waals surface area contributed by atoms with E-state index in [0.717, 1.165) is 16.7 Å². The summed E-state index contributed by atoms with van der Waals surface area (Å²) >= 11 is 0. The molecule has 0 bridgehead atoms. The van der Waals surface area contributed by atoms with E-state index in [1.807, 2.05) is 78.9 Å². The van der Waals surface area contributed by atoms with Gasteiger partial charge in [0.1, 0.15) is 17.1 Å². The summed E-state index contributed by atoms with van der Waals surface area (Å²) in [6.07, 6.45) is 1.50. The number of ether oxygens (including phenoxy) is 3. The number of aromatic nitrogens is 2. The molecule has 0 spiro atoms. The molecule has 4 aromatic rings. The van der Waals surface area contributed by atoms with E-state index < -0.39 is 22.8 Å². The molecule has 1 unspecified atom stereocenters. The minimum Gasteiger partial charge on any atom is -0.497 e. The number of nitrogens with one attached hydrogen (secondary N) is 1. The number of hydrogen-bond acceptors (Lipinski definition) is 6. The van der Waals surface area contributed by atoms with Gasteiger partial charge in [0.2, 0.25) is 0 Å². The van der Waals surface area contributed by atoms with Gasteiger partial charge in [0.25, 0.3) is 5.56 Å². The second kappa shape index (κ2) is 11.9. The molecule has 0 radical (unpaired) electrons. The highest BCUT2D eigenvalue weighted by atomic mass is 16.5. The summed E-state index contributed by atoms with van der Waals surface area (Å²) in [7, 11) is 3.23. The van der Waals surface area contributed by atoms with Crippen LogP contribution in [0.2, 0.25) is 0 Å². The van der Waals surface area contributed by atoms with Crippen molar-refractivity contribution in [1.82, 2.24) is 9.55 Å². The standard InChI is InChI=1S/C30H32N2O6/c1-21-17-32(29(35)31-28(21)34)18-22(19-33)20-38-30(23-7-5-4-6-8-23,24-9-13-26(36-2)14-10-24)25-11-15-27(37-3)16-12-25/h4-17,22,33H,18-20H2,1-3H3,(H,31,34,35). The van der Waals surface area contributed by atoms with E-state index in [1.165, 1.54) is 10.8 Å². The highest BCUT2D eigenvalue weighted by molar-refractivity contribution is 5.49. The lowest BCUT2D eigenvalue weighted by Crippen LogP contribution is -2.38. The van der Waals surface area contributed by atoms with Crippen LogP contribution in [0.3, 0.4) is 0 Å². The van der Waals surface area contributed by atoms with Crippen LogP contribution < -0.4 is 20.7 Å². The average Bonchev–Trinajstić information content (AvgIpc) is 2.96. The quantitative estimate of drug-likeness (QED) is 0.296. The molecule has 0 aliphatic heterocycles. The third kappa shape index (κ3) is 5.56. The lowest BCUT2D eigenvalue weighted by atomic mass is 9.80. The second-order valence-electron chi connectivity index (χ2n) is 9.09. The van der Waals surface area contributed by atoms with Crippen LogP contribution >= 0.6 is 0 Å². The minimum atomic E-state index is -1.04. The van der Waals surface area contributed by atoms with Crippen LogP contribution in [0, 0.1) is 12.8 Å². The number of aromatic amines is 1. The van der Waals surface area contributed by atoms with Crippen LogP contribution in [-0.2, 0) is 16.9 Å². The van der Waals surface area contributed by atoms with Crippen molar-refractivity contribution in [3.63, 3.8) is 0 Å². The smallest absolute Gasteiger partial charge is 0.328 e. The molecule has 1 aromatic heterocycles. The van der Waals surface area contributed by atoms with E-state index in [9.17, 15) is 14.7 Å². The average molecular weight is 517 g/mol. The van der Waals surface area contributed by atoms with Crippen molar-refractivity contribution in [3.8, 4) is 11.5 Å². The molecule has 8 nitrogen and oxygen atoms in total. The molecule has 0 aliphatic rings. The number of nitrogens with zero attached hydrogens (tertiary/aromatic N) is 1. The Morgan fingerprint density at radius 2 is 1.37 bits per heavy atom. The molecule has 38 heavy (non-hydrogen) atoms. The summed E-state index contributed by atoms with van der Waals surface area (Å²) in [6, 6.07) is 25.2. The fraction of sp³-hybridized carbons (Fsp3) is 0.267. The highest BCUT2D eigenvalue weighted by Gasteiger charge is 2.38. The van der Waals surface area contributed by atoms with Gasteiger partial charge in [-0.15, -0.1) is 0 Å². The number of aliphatic hydroxyl groups excluding tert-OH is 1. The van der Waals surface area contributed by atoms with E-state index in [4.69, 9.17) is 14.2 Å². The van der Waals surface area contributed by atoms with Gasteiger partial charge in [-0.05, 0) is 47.9 Å². The van der Waals surface area contributed by atoms with Crippen molar-refractivity contribution >= 4 is 0 Å². The normalized spacial score (nSPS) is 12.2. The van der Waals surface area contributed by atoms with Gasteiger partial charge in [-0.3, -0.25) is 14.3 Å². The Balaban J connectivity index is 1.79. The molecular formula is C30H32N2O6. The van der Waals surface area contributed by atoms with Crippen LogP contribution in [0.1, 0.15) is 22.3 Å². The van der Waals surface area contributed by atoms with Gasteiger partial charge in [0.15, 0.2) is 0 Å². The van der Waals surface area contributed by atoms with E-state index in [0.29, 0.717) is 17.1 Å². The van der Waals surface area contributed by atoms with Crippen molar-refractivity contribution < 1.29 is 19.3 Å². The molecule has 0 saturated heterocycles. The number of aliphatic hydroxyl groups is 1. The van der Waals surface area contributed by atoms with E-state index >= 15 is 0 Å². The zero-order chi connectivity index (χ0) is 27.1. The topological polar surface area (TPSA) is 103 Å². The summed E-state index contributed by atoms with van der Waals surface area (Å²) in [5.41, 5.74) is 1.04. The number of methoxy groups -OCH3 is 2. The van der Waals surface area contributed by atoms with Gasteiger partial charge in [-0.1, -0.05) is 54.6 Å². The van der Waals surface area contributed by atoms with Gasteiger partial charge in [0, 0.05) is 30.8 Å². The molecule has 0 fully saturated rings. The van der Waals surface area contributed by atoms with E-state index in [2.05, 4.69) is 4.98 Å². The maximum atomic E-state index is 12.4. The van der Waals surface area contributed by atoms with Crippen LogP contribution in [0.25, 0.3) is 0 Å². The SMILES string of the molecule is COc1ccc(C(OCC(CO)Cn2cc(C)c(=O)[nH]c2=O)(c2ccccc2)c2ccc(OC)cc2)cc1. The van der Waals surface area contributed by atoms with Crippen molar-refractivity contribution in [3.05, 3.63) is 128 Å². The zero-order valence-corrected chi connectivity index (χ0v) is 21.7. The molecule has 0 saturated carbocycles. The molecule has 8 heteroatoms. The van der Waals surface area contributed by atoms with Crippen LogP contribution in [0.4, 0.5) is 0 Å². The molecule has 1 heterocycles. The maximum Gasteiger partial charge on any atom is 0.328 e. The van der Waals surface area contributed by atoms with Crippen LogP contribution in [0.15, 0.2) is 94.6 Å². The van der Waals surface area contributed by atoms with Gasteiger partial charge in [0.05, 0.1) is 20.8 Å². The van der Waals surface area contributed by atoms with Crippen molar-refractivity contribution in [2.45, 2.75) is 19.1 Å². The summed E-state index contributed by atoms with van der Waals surface area (Å²) in [6.45, 7) is 1.70. The first-order valence-electron chi connectivity index (χ1n) is 12.3. The van der Waals surface area contributed by atoms with Crippen molar-refractivity contribution in [2.75, 3.05) is 27.4 Å². The second-order valence-corrected chi connectivity index (χ2v) is 9.09. The highest BCUT2D eigenvalue weighted by Crippen LogP contribution is 2.42. The van der Waals surface area contributed by atoms with Gasteiger partial charge in [-0.25, -0.2) is 4.79 Å². The Kier molecular flexibility index (Phi) is 8.45. The monoisotopic (exact) mass is 516 g/mol. The summed E-state index contributed by atoms with van der Waals surface area (Å²) < 4.78 is 19.0. The fourth-order valence-electron chi connectivity index (χ4n) is 4.51. The van der Waals surface area contributed by atoms with Crippen molar-refractivity contribution in [1.29, 1.82) is 0 Å². The molecule has 4 rings (SSSR count). The van der Waals surface area contributed by atoms with Crippen molar-refractivity contribution in [2.24, 2.45) is 5.92 Å². The largest absolute Gasteiger partial charge is 0.497 e. The van der Waals surface area contributed by atoms with E-state index in [-0.39, 0.29) is 19.8 Å². The van der Waals surface area contributed by atoms with Crippen LogP contribution in [-0.4, -0.2) is 42.1 Å². The Hall–Kier alpha value is -4.14. The molecular weight excluding hydrogens is 484 g/mol. The molecule has 198 valence electrons. The Labute approximate surface area is 221 Å². The predicted molar refractivity (Wildman–Crippen MR) is 145 cm³/mol. The molecule has 2 N–H and O–H groups in total. The first-order valence-corrected chi connectivity index (χ1v) is 12.3. The molecule has 0 aliphatic carbocycles. The third-order valence-electron chi connectivity index (χ3n) is 6.61. The third-order valence-corrected chi connectivity index (χ3v) is 6.61. The maximum absolute atomic E-state index is 12.4. The lowest BCUT2D eigenvalue weighted by molar-refractivity contribution is -0.0221. The molecule has 0 amide bonds. The first-order chi connectivity index (χ1) is 18.4. The predicted octanol–water partition coefficient (Wildman–Crippen LogP) is 3.48. The Bertz CT molecular complexity index is 1400. The number of aryl methyl sites for hydroxylation is 1.